The Balaban J connectivity index is 1.86. The minimum atomic E-state index is -4.63. The zero-order valence-electron chi connectivity index (χ0n) is 16.2. The monoisotopic (exact) mass is 459 g/mol. The fraction of sp³-hybridized carbons (Fsp3) is 0.500. The quantitative estimate of drug-likeness (QED) is 0.598. The number of hydrogen-bond donors (Lipinski definition) is 0. The predicted octanol–water partition coefficient (Wildman–Crippen LogP) is 5.63. The number of rotatable bonds is 3. The van der Waals surface area contributed by atoms with Gasteiger partial charge >= 0.3 is 6.18 Å². The second-order valence-electron chi connectivity index (χ2n) is 7.89. The molecule has 0 N–H and O–H groups in total. The SMILES string of the molecule is CC1=Nc2cc(C(F)(F)F)nn2C(C2CCCCC2)C1S(=O)(=O)c1ccc(Cl)cc1. The van der Waals surface area contributed by atoms with Crippen LogP contribution in [0.25, 0.3) is 0 Å². The van der Waals surface area contributed by atoms with E-state index in [4.69, 9.17) is 11.6 Å². The van der Waals surface area contributed by atoms with Crippen LogP contribution < -0.4 is 0 Å². The third-order valence-corrected chi connectivity index (χ3v) is 8.38. The summed E-state index contributed by atoms with van der Waals surface area (Å²) in [5.41, 5.74) is -0.777. The zero-order valence-corrected chi connectivity index (χ0v) is 17.8. The lowest BCUT2D eigenvalue weighted by molar-refractivity contribution is -0.141. The van der Waals surface area contributed by atoms with Crippen LogP contribution in [0.4, 0.5) is 19.0 Å². The molecule has 1 aromatic carbocycles. The van der Waals surface area contributed by atoms with Crippen LogP contribution in [0.2, 0.25) is 5.02 Å². The van der Waals surface area contributed by atoms with Crippen LogP contribution in [-0.2, 0) is 16.0 Å². The molecule has 30 heavy (non-hydrogen) atoms. The van der Waals surface area contributed by atoms with Crippen molar-refractivity contribution in [3.05, 3.63) is 41.0 Å². The maximum atomic E-state index is 13.6. The highest BCUT2D eigenvalue weighted by atomic mass is 35.5. The van der Waals surface area contributed by atoms with Gasteiger partial charge in [-0.05, 0) is 49.9 Å². The van der Waals surface area contributed by atoms with Gasteiger partial charge in [-0.2, -0.15) is 18.3 Å². The minimum Gasteiger partial charge on any atom is -0.242 e. The third-order valence-electron chi connectivity index (χ3n) is 5.91. The van der Waals surface area contributed by atoms with Gasteiger partial charge in [-0.1, -0.05) is 30.9 Å². The summed E-state index contributed by atoms with van der Waals surface area (Å²) < 4.78 is 68.3. The number of hydrogen-bond acceptors (Lipinski definition) is 4. The molecule has 2 aliphatic rings. The summed E-state index contributed by atoms with van der Waals surface area (Å²) in [6.45, 7) is 1.57. The normalized spacial score (nSPS) is 23.2. The molecule has 1 fully saturated rings. The Hall–Kier alpha value is -1.87. The molecule has 0 spiro atoms. The van der Waals surface area contributed by atoms with Gasteiger partial charge in [0.05, 0.1) is 10.9 Å². The van der Waals surface area contributed by atoms with Gasteiger partial charge in [-0.25, -0.2) is 18.1 Å². The topological polar surface area (TPSA) is 64.3 Å². The van der Waals surface area contributed by atoms with E-state index in [1.54, 1.807) is 6.92 Å². The average Bonchev–Trinajstić information content (AvgIpc) is 3.12. The molecule has 2 aromatic rings. The fourth-order valence-corrected chi connectivity index (χ4v) is 6.69. The smallest absolute Gasteiger partial charge is 0.242 e. The molecule has 10 heteroatoms. The molecule has 1 aliphatic heterocycles. The van der Waals surface area contributed by atoms with E-state index in [0.717, 1.165) is 38.2 Å². The molecule has 2 heterocycles. The van der Waals surface area contributed by atoms with Gasteiger partial charge in [0.2, 0.25) is 0 Å². The molecule has 1 saturated carbocycles. The first-order valence-corrected chi connectivity index (χ1v) is 11.7. The summed E-state index contributed by atoms with van der Waals surface area (Å²) in [5, 5.41) is 3.10. The number of sulfone groups is 1. The number of aromatic nitrogens is 2. The van der Waals surface area contributed by atoms with Gasteiger partial charge in [0, 0.05) is 16.8 Å². The van der Waals surface area contributed by atoms with E-state index in [2.05, 4.69) is 10.1 Å². The van der Waals surface area contributed by atoms with E-state index < -0.39 is 33.0 Å². The lowest BCUT2D eigenvalue weighted by Crippen LogP contribution is -2.44. The number of aliphatic imine (C=N–C) groups is 1. The number of halogens is 4. The summed E-state index contributed by atoms with van der Waals surface area (Å²) in [7, 11) is -3.93. The van der Waals surface area contributed by atoms with Crippen LogP contribution in [0, 0.1) is 5.92 Å². The molecule has 2 atom stereocenters. The summed E-state index contributed by atoms with van der Waals surface area (Å²) in [6, 6.07) is 5.96. The van der Waals surface area contributed by atoms with Crippen molar-refractivity contribution in [1.29, 1.82) is 0 Å². The van der Waals surface area contributed by atoms with E-state index in [-0.39, 0.29) is 22.3 Å². The highest BCUT2D eigenvalue weighted by molar-refractivity contribution is 7.92. The Labute approximate surface area is 177 Å². The number of benzene rings is 1. The second-order valence-corrected chi connectivity index (χ2v) is 10.4. The number of alkyl halides is 3. The van der Waals surface area contributed by atoms with Gasteiger partial charge in [0.25, 0.3) is 0 Å². The second kappa shape index (κ2) is 7.67. The molecule has 0 bridgehead atoms. The third kappa shape index (κ3) is 3.77. The highest BCUT2D eigenvalue weighted by Gasteiger charge is 2.47. The lowest BCUT2D eigenvalue weighted by Gasteiger charge is -2.38. The van der Waals surface area contributed by atoms with E-state index in [1.807, 2.05) is 0 Å². The Morgan fingerprint density at radius 3 is 2.33 bits per heavy atom. The average molecular weight is 460 g/mol. The van der Waals surface area contributed by atoms with Crippen molar-refractivity contribution in [1.82, 2.24) is 9.78 Å². The van der Waals surface area contributed by atoms with Crippen LogP contribution in [0.1, 0.15) is 50.8 Å². The van der Waals surface area contributed by atoms with Crippen molar-refractivity contribution in [3.8, 4) is 0 Å². The van der Waals surface area contributed by atoms with Crippen molar-refractivity contribution >= 4 is 33.0 Å². The summed E-state index contributed by atoms with van der Waals surface area (Å²) >= 11 is 5.90. The van der Waals surface area contributed by atoms with Gasteiger partial charge in [0.15, 0.2) is 21.3 Å². The Bertz CT molecular complexity index is 1070. The van der Waals surface area contributed by atoms with Crippen molar-refractivity contribution in [2.75, 3.05) is 0 Å². The zero-order chi connectivity index (χ0) is 21.7. The van der Waals surface area contributed by atoms with E-state index in [9.17, 15) is 21.6 Å². The Kier molecular flexibility index (Phi) is 5.47. The van der Waals surface area contributed by atoms with Gasteiger partial charge in [-0.3, -0.25) is 0 Å². The van der Waals surface area contributed by atoms with Crippen LogP contribution in [0.15, 0.2) is 40.2 Å². The standard InChI is InChI=1S/C20H21ClF3N3O2S/c1-12-19(30(28,29)15-9-7-14(21)8-10-15)18(13-5-3-2-4-6-13)27-17(25-12)11-16(26-27)20(22,23)24/h7-11,13,18-19H,2-6H2,1H3. The summed E-state index contributed by atoms with van der Waals surface area (Å²) in [4.78, 5) is 4.30. The first-order valence-electron chi connectivity index (χ1n) is 9.80. The molecule has 4 rings (SSSR count). The van der Waals surface area contributed by atoms with E-state index in [1.165, 1.54) is 28.9 Å². The van der Waals surface area contributed by atoms with Crippen LogP contribution in [-0.4, -0.2) is 29.2 Å². The molecule has 0 amide bonds. The first-order chi connectivity index (χ1) is 14.1. The molecular weight excluding hydrogens is 439 g/mol. The molecule has 162 valence electrons. The lowest BCUT2D eigenvalue weighted by atomic mass is 9.81. The Morgan fingerprint density at radius 1 is 1.10 bits per heavy atom. The molecular formula is C20H21ClF3N3O2S. The first kappa shape index (κ1) is 21.4. The Morgan fingerprint density at radius 2 is 1.73 bits per heavy atom. The van der Waals surface area contributed by atoms with Crippen LogP contribution in [0.3, 0.4) is 0 Å². The van der Waals surface area contributed by atoms with Gasteiger partial charge in [0.1, 0.15) is 5.25 Å². The fourth-order valence-electron chi connectivity index (χ4n) is 4.55. The highest BCUT2D eigenvalue weighted by Crippen LogP contribution is 2.44. The minimum absolute atomic E-state index is 0.0537. The maximum absolute atomic E-state index is 13.6. The van der Waals surface area contributed by atoms with Crippen molar-refractivity contribution in [2.45, 2.75) is 61.4 Å². The number of fused-ring (bicyclic) bond motifs is 1. The predicted molar refractivity (Wildman–Crippen MR) is 108 cm³/mol. The summed E-state index contributed by atoms with van der Waals surface area (Å²) in [5.74, 6) is -0.0473. The molecule has 0 saturated heterocycles. The van der Waals surface area contributed by atoms with Crippen LogP contribution in [0.5, 0.6) is 0 Å². The van der Waals surface area contributed by atoms with Gasteiger partial charge < -0.3 is 0 Å². The molecule has 2 unspecified atom stereocenters. The van der Waals surface area contributed by atoms with Crippen molar-refractivity contribution < 1.29 is 21.6 Å². The summed E-state index contributed by atoms with van der Waals surface area (Å²) in [6.07, 6.45) is -0.293. The molecule has 5 nitrogen and oxygen atoms in total. The van der Waals surface area contributed by atoms with E-state index >= 15 is 0 Å². The van der Waals surface area contributed by atoms with Crippen molar-refractivity contribution in [3.63, 3.8) is 0 Å². The largest absolute Gasteiger partial charge is 0.435 e. The molecule has 1 aromatic heterocycles. The number of nitrogens with zero attached hydrogens (tertiary/aromatic N) is 3. The molecule has 1 aliphatic carbocycles. The maximum Gasteiger partial charge on any atom is 0.435 e. The van der Waals surface area contributed by atoms with Gasteiger partial charge in [-0.15, -0.1) is 0 Å². The van der Waals surface area contributed by atoms with Crippen molar-refractivity contribution in [2.24, 2.45) is 10.9 Å². The molecule has 0 radical (unpaired) electrons. The van der Waals surface area contributed by atoms with Crippen LogP contribution >= 0.6 is 11.6 Å². The van der Waals surface area contributed by atoms with E-state index in [0.29, 0.717) is 5.02 Å².